The van der Waals surface area contributed by atoms with Gasteiger partial charge in [0.05, 0.1) is 5.52 Å². The van der Waals surface area contributed by atoms with Crippen molar-refractivity contribution in [3.05, 3.63) is 65.9 Å². The van der Waals surface area contributed by atoms with Crippen molar-refractivity contribution in [2.24, 2.45) is 0 Å². The van der Waals surface area contributed by atoms with Crippen LogP contribution in [-0.2, 0) is 0 Å². The molecule has 0 bridgehead atoms. The van der Waals surface area contributed by atoms with E-state index in [1.54, 1.807) is 19.1 Å². The van der Waals surface area contributed by atoms with Gasteiger partial charge in [-0.15, -0.1) is 0 Å². The lowest BCUT2D eigenvalue weighted by Crippen LogP contribution is -2.01. The van der Waals surface area contributed by atoms with Gasteiger partial charge in [0.2, 0.25) is 0 Å². The standard InChI is InChI=1S/C20H17N5O/c1-12-10-18(25-24-12)22-20-16-9-8-15(13(2)26)11-17(16)21-19(23-20)14-6-4-3-5-7-14/h3-11H,1-2H3,(H2,21,22,23,24,25). The average Bonchev–Trinajstić information content (AvgIpc) is 3.06. The van der Waals surface area contributed by atoms with Gasteiger partial charge in [-0.2, -0.15) is 5.10 Å². The highest BCUT2D eigenvalue weighted by atomic mass is 16.1. The summed E-state index contributed by atoms with van der Waals surface area (Å²) < 4.78 is 0. The number of rotatable bonds is 4. The summed E-state index contributed by atoms with van der Waals surface area (Å²) in [7, 11) is 0. The Morgan fingerprint density at radius 3 is 2.54 bits per heavy atom. The van der Waals surface area contributed by atoms with Crippen LogP contribution in [0, 0.1) is 6.92 Å². The molecule has 4 rings (SSSR count). The topological polar surface area (TPSA) is 83.6 Å². The number of nitrogens with zero attached hydrogens (tertiary/aromatic N) is 3. The second kappa shape index (κ2) is 6.40. The molecule has 0 saturated heterocycles. The van der Waals surface area contributed by atoms with Gasteiger partial charge >= 0.3 is 0 Å². The molecule has 26 heavy (non-hydrogen) atoms. The Bertz CT molecular complexity index is 1100. The first-order chi connectivity index (χ1) is 12.6. The second-order valence-electron chi connectivity index (χ2n) is 6.11. The normalized spacial score (nSPS) is 10.8. The van der Waals surface area contributed by atoms with Crippen molar-refractivity contribution in [3.63, 3.8) is 0 Å². The summed E-state index contributed by atoms with van der Waals surface area (Å²) in [5.74, 6) is 1.92. The number of aryl methyl sites for hydroxylation is 1. The predicted molar refractivity (Wildman–Crippen MR) is 102 cm³/mol. The Hall–Kier alpha value is -3.54. The zero-order valence-corrected chi connectivity index (χ0v) is 14.4. The van der Waals surface area contributed by atoms with Crippen LogP contribution in [0.25, 0.3) is 22.3 Å². The third-order valence-electron chi connectivity index (χ3n) is 4.09. The van der Waals surface area contributed by atoms with Crippen LogP contribution < -0.4 is 5.32 Å². The zero-order chi connectivity index (χ0) is 18.1. The van der Waals surface area contributed by atoms with Crippen molar-refractivity contribution in [1.29, 1.82) is 0 Å². The lowest BCUT2D eigenvalue weighted by atomic mass is 10.1. The molecule has 4 aromatic rings. The van der Waals surface area contributed by atoms with E-state index in [1.807, 2.05) is 49.4 Å². The molecule has 2 heterocycles. The summed E-state index contributed by atoms with van der Waals surface area (Å²) in [6.45, 7) is 3.48. The molecule has 2 aromatic heterocycles. The van der Waals surface area contributed by atoms with E-state index in [-0.39, 0.29) is 5.78 Å². The minimum absolute atomic E-state index is 0.00390. The molecule has 0 radical (unpaired) electrons. The molecule has 6 heteroatoms. The number of hydrogen-bond donors (Lipinski definition) is 2. The fourth-order valence-electron chi connectivity index (χ4n) is 2.76. The first kappa shape index (κ1) is 16.0. The monoisotopic (exact) mass is 343 g/mol. The van der Waals surface area contributed by atoms with Crippen molar-refractivity contribution < 1.29 is 4.79 Å². The number of carbonyl (C=O) groups excluding carboxylic acids is 1. The van der Waals surface area contributed by atoms with Gasteiger partial charge in [-0.05, 0) is 26.0 Å². The van der Waals surface area contributed by atoms with Gasteiger partial charge in [0.25, 0.3) is 0 Å². The molecular weight excluding hydrogens is 326 g/mol. The van der Waals surface area contributed by atoms with E-state index in [4.69, 9.17) is 0 Å². The zero-order valence-electron chi connectivity index (χ0n) is 14.4. The molecule has 0 aliphatic carbocycles. The Morgan fingerprint density at radius 2 is 1.85 bits per heavy atom. The van der Waals surface area contributed by atoms with E-state index in [0.29, 0.717) is 28.5 Å². The molecule has 0 fully saturated rings. The SMILES string of the molecule is CC(=O)c1ccc2c(Nc3cc(C)[nH]n3)nc(-c3ccccc3)nc2c1. The van der Waals surface area contributed by atoms with E-state index in [9.17, 15) is 4.79 Å². The Morgan fingerprint density at radius 1 is 1.04 bits per heavy atom. The van der Waals surface area contributed by atoms with Crippen LogP contribution in [0.15, 0.2) is 54.6 Å². The number of ketones is 1. The number of aromatic amines is 1. The quantitative estimate of drug-likeness (QED) is 0.541. The van der Waals surface area contributed by atoms with Crippen LogP contribution in [-0.4, -0.2) is 25.9 Å². The van der Waals surface area contributed by atoms with Gasteiger partial charge < -0.3 is 5.32 Å². The summed E-state index contributed by atoms with van der Waals surface area (Å²) in [6, 6.07) is 17.1. The minimum Gasteiger partial charge on any atom is -0.323 e. The first-order valence-electron chi connectivity index (χ1n) is 8.27. The summed E-state index contributed by atoms with van der Waals surface area (Å²) >= 11 is 0. The van der Waals surface area contributed by atoms with Crippen molar-refractivity contribution in [2.45, 2.75) is 13.8 Å². The maximum Gasteiger partial charge on any atom is 0.162 e. The molecule has 2 aromatic carbocycles. The Kier molecular flexibility index (Phi) is 3.93. The Labute approximate surface area is 150 Å². The highest BCUT2D eigenvalue weighted by Crippen LogP contribution is 2.27. The van der Waals surface area contributed by atoms with Crippen LogP contribution in [0.4, 0.5) is 11.6 Å². The highest BCUT2D eigenvalue weighted by Gasteiger charge is 2.12. The summed E-state index contributed by atoms with van der Waals surface area (Å²) in [5.41, 5.74) is 3.19. The van der Waals surface area contributed by atoms with Gasteiger partial charge in [-0.25, -0.2) is 9.97 Å². The van der Waals surface area contributed by atoms with Gasteiger partial charge in [-0.1, -0.05) is 36.4 Å². The molecule has 0 aliphatic rings. The molecular formula is C20H17N5O. The number of nitrogens with one attached hydrogen (secondary N) is 2. The smallest absolute Gasteiger partial charge is 0.162 e. The second-order valence-corrected chi connectivity index (χ2v) is 6.11. The third kappa shape index (κ3) is 3.04. The van der Waals surface area contributed by atoms with Crippen LogP contribution >= 0.6 is 0 Å². The van der Waals surface area contributed by atoms with Crippen LogP contribution in [0.2, 0.25) is 0 Å². The van der Waals surface area contributed by atoms with E-state index >= 15 is 0 Å². The van der Waals surface area contributed by atoms with E-state index in [2.05, 4.69) is 25.5 Å². The first-order valence-corrected chi connectivity index (χ1v) is 8.27. The number of hydrogen-bond acceptors (Lipinski definition) is 5. The predicted octanol–water partition coefficient (Wildman–Crippen LogP) is 4.27. The number of anilines is 2. The van der Waals surface area contributed by atoms with Crippen molar-refractivity contribution >= 4 is 28.3 Å². The Balaban J connectivity index is 1.90. The molecule has 0 saturated carbocycles. The average molecular weight is 343 g/mol. The third-order valence-corrected chi connectivity index (χ3v) is 4.09. The lowest BCUT2D eigenvalue weighted by molar-refractivity contribution is 0.101. The molecule has 0 spiro atoms. The van der Waals surface area contributed by atoms with Crippen molar-refractivity contribution in [2.75, 3.05) is 5.32 Å². The van der Waals surface area contributed by atoms with E-state index in [0.717, 1.165) is 16.6 Å². The molecule has 0 atom stereocenters. The van der Waals surface area contributed by atoms with Gasteiger partial charge in [0, 0.05) is 28.3 Å². The van der Waals surface area contributed by atoms with Gasteiger partial charge in [-0.3, -0.25) is 9.89 Å². The van der Waals surface area contributed by atoms with Crippen molar-refractivity contribution in [1.82, 2.24) is 20.2 Å². The summed E-state index contributed by atoms with van der Waals surface area (Å²) in [6.07, 6.45) is 0. The maximum absolute atomic E-state index is 11.7. The van der Waals surface area contributed by atoms with Gasteiger partial charge in [0.1, 0.15) is 5.82 Å². The molecule has 2 N–H and O–H groups in total. The lowest BCUT2D eigenvalue weighted by Gasteiger charge is -2.10. The maximum atomic E-state index is 11.7. The molecule has 6 nitrogen and oxygen atoms in total. The summed E-state index contributed by atoms with van der Waals surface area (Å²) in [5, 5.41) is 11.2. The number of Topliss-reactive ketones (excluding diaryl/α,β-unsaturated/α-hetero) is 1. The number of aromatic nitrogens is 4. The van der Waals surface area contributed by atoms with Crippen LogP contribution in [0.3, 0.4) is 0 Å². The fraction of sp³-hybridized carbons (Fsp3) is 0.100. The van der Waals surface area contributed by atoms with E-state index in [1.165, 1.54) is 0 Å². The number of carbonyl (C=O) groups is 1. The minimum atomic E-state index is 0.00390. The largest absolute Gasteiger partial charge is 0.323 e. The number of H-pyrrole nitrogens is 1. The molecule has 0 unspecified atom stereocenters. The molecule has 0 aliphatic heterocycles. The highest BCUT2D eigenvalue weighted by molar-refractivity contribution is 6.00. The van der Waals surface area contributed by atoms with Crippen LogP contribution in [0.5, 0.6) is 0 Å². The van der Waals surface area contributed by atoms with Gasteiger partial charge in [0.15, 0.2) is 17.4 Å². The summed E-state index contributed by atoms with van der Waals surface area (Å²) in [4.78, 5) is 21.1. The fourth-order valence-corrected chi connectivity index (χ4v) is 2.76. The molecule has 128 valence electrons. The van der Waals surface area contributed by atoms with Crippen molar-refractivity contribution in [3.8, 4) is 11.4 Å². The number of benzene rings is 2. The van der Waals surface area contributed by atoms with E-state index < -0.39 is 0 Å². The number of fused-ring (bicyclic) bond motifs is 1. The van der Waals surface area contributed by atoms with Crippen LogP contribution in [0.1, 0.15) is 23.0 Å². The molecule has 0 amide bonds.